The van der Waals surface area contributed by atoms with Gasteiger partial charge in [-0.05, 0) is 68.4 Å². The fourth-order valence-corrected chi connectivity index (χ4v) is 9.40. The summed E-state index contributed by atoms with van der Waals surface area (Å²) in [6.45, 7) is 3.96. The van der Waals surface area contributed by atoms with Crippen molar-refractivity contribution < 1.29 is 26.1 Å². The van der Waals surface area contributed by atoms with E-state index < -0.39 is 29.9 Å². The lowest BCUT2D eigenvalue weighted by Crippen LogP contribution is -2.45. The van der Waals surface area contributed by atoms with Gasteiger partial charge in [-0.15, -0.1) is 0 Å². The number of rotatable bonds is 4. The summed E-state index contributed by atoms with van der Waals surface area (Å²) in [6, 6.07) is 7.86. The second-order valence-corrected chi connectivity index (χ2v) is 15.1. The third-order valence-electron chi connectivity index (χ3n) is 9.64. The van der Waals surface area contributed by atoms with Crippen LogP contribution < -0.4 is 35.5 Å². The summed E-state index contributed by atoms with van der Waals surface area (Å²) in [5, 5.41) is 1.97. The normalized spacial score (nSPS) is 18.8. The summed E-state index contributed by atoms with van der Waals surface area (Å²) in [5.74, 6) is 6.67. The van der Waals surface area contributed by atoms with E-state index in [4.69, 9.17) is 10.6 Å². The summed E-state index contributed by atoms with van der Waals surface area (Å²) >= 11 is 0. The van der Waals surface area contributed by atoms with Crippen LogP contribution in [0.4, 0.5) is 5.69 Å². The van der Waals surface area contributed by atoms with Gasteiger partial charge < -0.3 is 14.2 Å². The Morgan fingerprint density at radius 2 is 1.56 bits per heavy atom. The van der Waals surface area contributed by atoms with E-state index in [0.29, 0.717) is 17.1 Å². The number of sulfonamides is 1. The Bertz CT molecular complexity index is 2100. The molecule has 0 aliphatic carbocycles. The minimum atomic E-state index is -5.10. The molecule has 10 nitrogen and oxygen atoms in total. The van der Waals surface area contributed by atoms with Crippen molar-refractivity contribution in [2.45, 2.75) is 61.2 Å². The second-order valence-electron chi connectivity index (χ2n) is 12.1. The highest BCUT2D eigenvalue weighted by Gasteiger charge is 2.36. The molecule has 12 heteroatoms. The van der Waals surface area contributed by atoms with Crippen LogP contribution in [0.5, 0.6) is 11.5 Å². The Balaban J connectivity index is 1.54. The third-order valence-corrected chi connectivity index (χ3v) is 11.7. The van der Waals surface area contributed by atoms with Crippen LogP contribution in [-0.2, 0) is 45.8 Å². The van der Waals surface area contributed by atoms with E-state index in [-0.39, 0.29) is 5.56 Å². The van der Waals surface area contributed by atoms with Gasteiger partial charge >= 0.3 is 0 Å². The molecule has 224 valence electrons. The van der Waals surface area contributed by atoms with Gasteiger partial charge in [0.2, 0.25) is 5.36 Å². The van der Waals surface area contributed by atoms with Crippen molar-refractivity contribution in [1.29, 1.82) is 0 Å². The van der Waals surface area contributed by atoms with Gasteiger partial charge in [0.15, 0.2) is 0 Å². The van der Waals surface area contributed by atoms with Gasteiger partial charge in [-0.2, -0.15) is 4.83 Å². The lowest BCUT2D eigenvalue weighted by Gasteiger charge is -2.39. The largest absolute Gasteiger partial charge is 0.744 e. The molecular formula is C31H32N4O6S2. The summed E-state index contributed by atoms with van der Waals surface area (Å²) in [4.78, 5) is 3.16. The van der Waals surface area contributed by atoms with Gasteiger partial charge in [-0.1, -0.05) is 6.07 Å². The number of benzene rings is 3. The third kappa shape index (κ3) is 4.11. The smallest absolute Gasteiger partial charge is 0.253 e. The van der Waals surface area contributed by atoms with Crippen LogP contribution in [0.1, 0.15) is 59.1 Å². The summed E-state index contributed by atoms with van der Waals surface area (Å²) < 4.78 is 73.0. The van der Waals surface area contributed by atoms with E-state index >= 15 is 0 Å². The van der Waals surface area contributed by atoms with E-state index in [1.54, 1.807) is 4.83 Å². The van der Waals surface area contributed by atoms with Crippen LogP contribution in [0.2, 0.25) is 0 Å². The number of anilines is 1. The molecular weight excluding hydrogens is 588 g/mol. The number of hydrogen-bond acceptors (Lipinski definition) is 8. The topological polar surface area (TPSA) is 145 Å². The fraction of sp³-hybridized carbons (Fsp3) is 0.387. The maximum Gasteiger partial charge on any atom is 0.253 e. The number of hydrogen-bond donors (Lipinski definition) is 2. The Morgan fingerprint density at radius 3 is 2.33 bits per heavy atom. The number of nitrogens with zero attached hydrogens (tertiary/aromatic N) is 2. The van der Waals surface area contributed by atoms with Crippen molar-refractivity contribution in [3.05, 3.63) is 74.3 Å². The zero-order valence-electron chi connectivity index (χ0n) is 23.6. The van der Waals surface area contributed by atoms with Crippen molar-refractivity contribution in [2.75, 3.05) is 31.1 Å². The zero-order valence-corrected chi connectivity index (χ0v) is 25.2. The summed E-state index contributed by atoms with van der Waals surface area (Å²) in [7, 11) is -9.31. The number of hydrazine groups is 1. The number of aryl methyl sites for hydroxylation is 2. The molecule has 0 saturated heterocycles. The van der Waals surface area contributed by atoms with Gasteiger partial charge in [-0.25, -0.2) is 21.4 Å². The molecule has 0 radical (unpaired) electrons. The molecule has 5 aliphatic rings. The van der Waals surface area contributed by atoms with Gasteiger partial charge in [0.25, 0.3) is 10.0 Å². The predicted octanol–water partition coefficient (Wildman–Crippen LogP) is 1.18. The first-order chi connectivity index (χ1) is 20.7. The molecule has 0 bridgehead atoms. The van der Waals surface area contributed by atoms with Crippen molar-refractivity contribution in [1.82, 2.24) is 9.41 Å². The van der Waals surface area contributed by atoms with Gasteiger partial charge in [0.05, 0.1) is 15.4 Å². The minimum absolute atomic E-state index is 0.169. The standard InChI is InChI=1S/C31H32N4O6S2/c32-33-42(36,37)20-9-10-21(26(17-20)43(38,39)40)27-24-15-18-5-1-11-34-13-3-7-22(28(18)34)30(24)41-31-23-8-4-14-35-12-2-6-19(29(23)35)16-25(27)31/h9-10,15-17,33H,1-8,11-14,32H2. The Kier molecular flexibility index (Phi) is 6.09. The van der Waals surface area contributed by atoms with Gasteiger partial charge in [0.1, 0.15) is 34.7 Å². The Morgan fingerprint density at radius 1 is 0.837 bits per heavy atom. The van der Waals surface area contributed by atoms with Crippen molar-refractivity contribution >= 4 is 31.4 Å². The molecule has 0 aromatic heterocycles. The van der Waals surface area contributed by atoms with Crippen LogP contribution in [-0.4, -0.2) is 47.6 Å². The van der Waals surface area contributed by atoms with Crippen molar-refractivity contribution in [3.8, 4) is 11.5 Å². The number of fused-ring (bicyclic) bond motifs is 4. The summed E-state index contributed by atoms with van der Waals surface area (Å²) in [5.41, 5.74) is 7.36. The van der Waals surface area contributed by atoms with Crippen molar-refractivity contribution in [3.63, 3.8) is 0 Å². The first-order valence-corrected chi connectivity index (χ1v) is 17.8. The van der Waals surface area contributed by atoms with E-state index in [0.717, 1.165) is 106 Å². The maximum absolute atomic E-state index is 12.8. The average molecular weight is 621 g/mol. The van der Waals surface area contributed by atoms with Crippen LogP contribution in [0.15, 0.2) is 40.1 Å². The van der Waals surface area contributed by atoms with Crippen LogP contribution in [0, 0.1) is 0 Å². The quantitative estimate of drug-likeness (QED) is 0.150. The molecule has 0 amide bonds. The van der Waals surface area contributed by atoms with E-state index in [1.165, 1.54) is 34.3 Å². The predicted molar refractivity (Wildman–Crippen MR) is 159 cm³/mol. The number of ether oxygens (including phenoxy) is 1. The lowest BCUT2D eigenvalue weighted by atomic mass is 9.82. The van der Waals surface area contributed by atoms with E-state index in [1.807, 2.05) is 0 Å². The van der Waals surface area contributed by atoms with Crippen molar-refractivity contribution in [2.24, 2.45) is 5.84 Å². The van der Waals surface area contributed by atoms with Crippen LogP contribution in [0.25, 0.3) is 5.57 Å². The monoisotopic (exact) mass is 620 g/mol. The molecule has 8 rings (SSSR count). The first-order valence-electron chi connectivity index (χ1n) is 14.9. The molecule has 43 heavy (non-hydrogen) atoms. The van der Waals surface area contributed by atoms with E-state index in [2.05, 4.69) is 21.6 Å². The average Bonchev–Trinajstić information content (AvgIpc) is 3.00. The summed E-state index contributed by atoms with van der Waals surface area (Å²) in [6.07, 6.45) is 7.46. The molecule has 3 N–H and O–H groups in total. The zero-order chi connectivity index (χ0) is 29.7. The van der Waals surface area contributed by atoms with Gasteiger partial charge in [-0.3, -0.25) is 5.84 Å². The van der Waals surface area contributed by atoms with E-state index in [9.17, 15) is 21.4 Å². The molecule has 5 aliphatic heterocycles. The second kappa shape index (κ2) is 9.60. The van der Waals surface area contributed by atoms with Gasteiger partial charge in [0, 0.05) is 64.7 Å². The molecule has 0 atom stereocenters. The fourth-order valence-electron chi connectivity index (χ4n) is 7.96. The Labute approximate surface area is 250 Å². The lowest BCUT2D eigenvalue weighted by molar-refractivity contribution is 0.431. The molecule has 0 saturated carbocycles. The molecule has 5 heterocycles. The highest BCUT2D eigenvalue weighted by Crippen LogP contribution is 2.49. The molecule has 3 aromatic carbocycles. The molecule has 0 spiro atoms. The Hall–Kier alpha value is -3.29. The van der Waals surface area contributed by atoms with Crippen LogP contribution in [0.3, 0.4) is 0 Å². The number of nitrogens with two attached hydrogens (primary N) is 1. The maximum atomic E-state index is 12.8. The van der Waals surface area contributed by atoms with Crippen LogP contribution >= 0.6 is 0 Å². The molecule has 0 unspecified atom stereocenters. The highest BCUT2D eigenvalue weighted by molar-refractivity contribution is 7.89. The SMILES string of the molecule is NNS(=O)(=O)c1ccc(C2=c3cc4c5c(c3Oc3c2cc2c6c3CCCN6CCC2)CCC[N+]=5CCC4)c(S(=O)(=O)[O-])c1. The molecule has 3 aromatic rings. The highest BCUT2D eigenvalue weighted by atomic mass is 32.2. The molecule has 0 fully saturated rings. The number of nitrogens with one attached hydrogen (secondary N) is 1. The minimum Gasteiger partial charge on any atom is -0.744 e. The first kappa shape index (κ1) is 27.3.